The predicted molar refractivity (Wildman–Crippen MR) is 155 cm³/mol. The molecule has 1 N–H and O–H groups in total. The van der Waals surface area contributed by atoms with Gasteiger partial charge in [-0.2, -0.15) is 0 Å². The summed E-state index contributed by atoms with van der Waals surface area (Å²) < 4.78 is 21.0. The maximum atomic E-state index is 11.8. The molecule has 0 aromatic carbocycles. The van der Waals surface area contributed by atoms with Crippen LogP contribution in [-0.4, -0.2) is 65.8 Å². The van der Waals surface area contributed by atoms with E-state index >= 15 is 0 Å². The molecule has 0 unspecified atom stereocenters. The molecule has 6 nitrogen and oxygen atoms in total. The Balaban J connectivity index is 3.46. The Kier molecular flexibility index (Phi) is 29.8. The Bertz CT molecular complexity index is 665. The summed E-state index contributed by atoms with van der Waals surface area (Å²) in [5.41, 5.74) is 0. The second kappa shape index (κ2) is 31.8. The lowest BCUT2D eigenvalue weighted by atomic mass is 10.2. The van der Waals surface area contributed by atoms with Crippen molar-refractivity contribution in [1.82, 2.24) is 5.32 Å². The molecule has 0 aromatic rings. The van der Waals surface area contributed by atoms with Crippen LogP contribution in [0.2, 0.25) is 0 Å². The fraction of sp³-hybridized carbons (Fsp3) is 0.581. The molecule has 0 saturated carbocycles. The van der Waals surface area contributed by atoms with Gasteiger partial charge in [0.15, 0.2) is 0 Å². The van der Waals surface area contributed by atoms with Crippen LogP contribution in [0.25, 0.3) is 0 Å². The van der Waals surface area contributed by atoms with E-state index in [4.69, 9.17) is 18.9 Å². The average molecular weight is 518 g/mol. The summed E-state index contributed by atoms with van der Waals surface area (Å²) in [5, 5.41) is 2.87. The van der Waals surface area contributed by atoms with Crippen molar-refractivity contribution in [2.45, 2.75) is 58.3 Å². The van der Waals surface area contributed by atoms with E-state index in [1.807, 2.05) is 0 Å². The second-order valence-electron chi connectivity index (χ2n) is 8.13. The Morgan fingerprint density at radius 1 is 0.568 bits per heavy atom. The maximum Gasteiger partial charge on any atom is 0.220 e. The molecule has 0 aliphatic heterocycles. The number of carbonyl (C=O) groups is 1. The zero-order valence-corrected chi connectivity index (χ0v) is 23.3. The van der Waals surface area contributed by atoms with Crippen LogP contribution in [0.5, 0.6) is 0 Å². The third kappa shape index (κ3) is 31.7. The lowest BCUT2D eigenvalue weighted by molar-refractivity contribution is -0.121. The van der Waals surface area contributed by atoms with E-state index in [-0.39, 0.29) is 5.91 Å². The Morgan fingerprint density at radius 2 is 0.973 bits per heavy atom. The fourth-order valence-electron chi connectivity index (χ4n) is 2.89. The monoisotopic (exact) mass is 517 g/mol. The first-order chi connectivity index (χ1) is 18.3. The lowest BCUT2D eigenvalue weighted by Crippen LogP contribution is -2.27. The van der Waals surface area contributed by atoms with Gasteiger partial charge in [-0.05, 0) is 44.9 Å². The minimum Gasteiger partial charge on any atom is -0.382 e. The van der Waals surface area contributed by atoms with Crippen LogP contribution < -0.4 is 5.32 Å². The number of carbonyl (C=O) groups excluding carboxylic acids is 1. The average Bonchev–Trinajstić information content (AvgIpc) is 2.90. The molecule has 0 heterocycles. The fourth-order valence-corrected chi connectivity index (χ4v) is 2.89. The van der Waals surface area contributed by atoms with Gasteiger partial charge in [0, 0.05) is 20.1 Å². The number of hydrogen-bond donors (Lipinski definition) is 1. The van der Waals surface area contributed by atoms with Crippen LogP contribution in [0.4, 0.5) is 0 Å². The number of nitrogens with one attached hydrogen (secondary N) is 1. The summed E-state index contributed by atoms with van der Waals surface area (Å²) in [7, 11) is 1.65. The minimum atomic E-state index is 0.0487. The highest BCUT2D eigenvalue weighted by atomic mass is 16.6. The molecule has 0 saturated heterocycles. The SMILES string of the molecule is CCC=CCC=CCC=CCC=CCC=CCC=CCCC(=O)NCCOCCOCCOCCOC. The van der Waals surface area contributed by atoms with Crippen molar-refractivity contribution >= 4 is 5.91 Å². The number of amides is 1. The van der Waals surface area contributed by atoms with Crippen molar-refractivity contribution in [2.75, 3.05) is 59.9 Å². The Hall–Kier alpha value is -2.25. The van der Waals surface area contributed by atoms with Gasteiger partial charge in [-0.25, -0.2) is 0 Å². The van der Waals surface area contributed by atoms with E-state index in [0.29, 0.717) is 59.2 Å². The molecular weight excluding hydrogens is 466 g/mol. The molecule has 0 aliphatic carbocycles. The van der Waals surface area contributed by atoms with Gasteiger partial charge in [0.2, 0.25) is 5.91 Å². The van der Waals surface area contributed by atoms with Gasteiger partial charge >= 0.3 is 0 Å². The molecule has 0 spiro atoms. The summed E-state index contributed by atoms with van der Waals surface area (Å²) in [6.07, 6.45) is 33.3. The zero-order valence-electron chi connectivity index (χ0n) is 23.3. The van der Waals surface area contributed by atoms with E-state index in [1.165, 1.54) is 0 Å². The van der Waals surface area contributed by atoms with Crippen molar-refractivity contribution in [1.29, 1.82) is 0 Å². The summed E-state index contributed by atoms with van der Waals surface area (Å²) >= 11 is 0. The molecular formula is C31H51NO5. The molecule has 0 bridgehead atoms. The van der Waals surface area contributed by atoms with E-state index in [1.54, 1.807) is 7.11 Å². The number of hydrogen-bond acceptors (Lipinski definition) is 5. The van der Waals surface area contributed by atoms with E-state index < -0.39 is 0 Å². The summed E-state index contributed by atoms with van der Waals surface area (Å²) in [5.74, 6) is 0.0487. The normalized spacial score (nSPS) is 12.6. The number of methoxy groups -OCH3 is 1. The molecule has 0 aliphatic rings. The standard InChI is InChI=1S/C31H51NO5/c1-3-4-5-6-7-8-9-10-11-12-13-14-15-16-17-18-19-20-21-22-31(33)32-23-24-35-27-28-37-30-29-36-26-25-34-2/h4-5,7-8,10-11,13-14,16-17,19-20H,3,6,9,12,15,18,21-30H2,1-2H3,(H,32,33). The lowest BCUT2D eigenvalue weighted by Gasteiger charge is -2.07. The first-order valence-corrected chi connectivity index (χ1v) is 13.7. The Morgan fingerprint density at radius 3 is 1.43 bits per heavy atom. The smallest absolute Gasteiger partial charge is 0.220 e. The van der Waals surface area contributed by atoms with E-state index in [9.17, 15) is 4.79 Å². The third-order valence-electron chi connectivity index (χ3n) is 4.88. The maximum absolute atomic E-state index is 11.8. The first kappa shape index (κ1) is 34.8. The van der Waals surface area contributed by atoms with Crippen molar-refractivity contribution in [3.8, 4) is 0 Å². The molecule has 0 fully saturated rings. The van der Waals surface area contributed by atoms with Gasteiger partial charge in [0.25, 0.3) is 0 Å². The van der Waals surface area contributed by atoms with Crippen molar-refractivity contribution in [2.24, 2.45) is 0 Å². The molecule has 6 heteroatoms. The molecule has 0 rings (SSSR count). The highest BCUT2D eigenvalue weighted by molar-refractivity contribution is 5.75. The summed E-state index contributed by atoms with van der Waals surface area (Å²) in [6.45, 7) is 6.44. The largest absolute Gasteiger partial charge is 0.382 e. The van der Waals surface area contributed by atoms with Gasteiger partial charge in [-0.15, -0.1) is 0 Å². The van der Waals surface area contributed by atoms with Gasteiger partial charge < -0.3 is 24.3 Å². The number of allylic oxidation sites excluding steroid dienone is 12. The molecule has 0 atom stereocenters. The third-order valence-corrected chi connectivity index (χ3v) is 4.88. The molecule has 210 valence electrons. The minimum absolute atomic E-state index is 0.0487. The molecule has 0 aromatic heterocycles. The van der Waals surface area contributed by atoms with Gasteiger partial charge in [0.1, 0.15) is 0 Å². The van der Waals surface area contributed by atoms with E-state index in [0.717, 1.165) is 44.9 Å². The number of rotatable bonds is 26. The first-order valence-electron chi connectivity index (χ1n) is 13.7. The summed E-state index contributed by atoms with van der Waals surface area (Å²) in [6, 6.07) is 0. The van der Waals surface area contributed by atoms with E-state index in [2.05, 4.69) is 85.2 Å². The van der Waals surface area contributed by atoms with Crippen molar-refractivity contribution in [3.05, 3.63) is 72.9 Å². The molecule has 37 heavy (non-hydrogen) atoms. The number of ether oxygens (including phenoxy) is 4. The van der Waals surface area contributed by atoms with Gasteiger partial charge in [-0.1, -0.05) is 79.8 Å². The highest BCUT2D eigenvalue weighted by Gasteiger charge is 1.98. The summed E-state index contributed by atoms with van der Waals surface area (Å²) in [4.78, 5) is 11.8. The highest BCUT2D eigenvalue weighted by Crippen LogP contribution is 1.98. The molecule has 0 radical (unpaired) electrons. The molecule has 1 amide bonds. The quantitative estimate of drug-likeness (QED) is 0.108. The van der Waals surface area contributed by atoms with Gasteiger partial charge in [-0.3, -0.25) is 4.79 Å². The van der Waals surface area contributed by atoms with Crippen molar-refractivity contribution < 1.29 is 23.7 Å². The van der Waals surface area contributed by atoms with Crippen LogP contribution in [-0.2, 0) is 23.7 Å². The van der Waals surface area contributed by atoms with Crippen LogP contribution in [0.3, 0.4) is 0 Å². The van der Waals surface area contributed by atoms with Crippen molar-refractivity contribution in [3.63, 3.8) is 0 Å². The van der Waals surface area contributed by atoms with Crippen LogP contribution in [0.15, 0.2) is 72.9 Å². The van der Waals surface area contributed by atoms with Crippen LogP contribution in [0.1, 0.15) is 58.3 Å². The Labute approximate surface area is 226 Å². The van der Waals surface area contributed by atoms with Crippen LogP contribution >= 0.6 is 0 Å². The topological polar surface area (TPSA) is 66.0 Å². The predicted octanol–water partition coefficient (Wildman–Crippen LogP) is 6.28. The van der Waals surface area contributed by atoms with Gasteiger partial charge in [0.05, 0.1) is 46.2 Å². The second-order valence-corrected chi connectivity index (χ2v) is 8.13. The van der Waals surface area contributed by atoms with Crippen LogP contribution in [0, 0.1) is 0 Å². The zero-order chi connectivity index (χ0) is 26.9.